The summed E-state index contributed by atoms with van der Waals surface area (Å²) in [5.41, 5.74) is 10.0. The van der Waals surface area contributed by atoms with Crippen LogP contribution in [0.2, 0.25) is 0 Å². The Balaban J connectivity index is 1.68. The number of hydrogen-bond donors (Lipinski definition) is 1. The fraction of sp³-hybridized carbons (Fsp3) is 0.167. The molecular weight excluding hydrogens is 340 g/mol. The second kappa shape index (κ2) is 4.99. The Kier molecular flexibility index (Phi) is 3.08. The molecule has 1 unspecified atom stereocenters. The van der Waals surface area contributed by atoms with Crippen LogP contribution in [-0.4, -0.2) is 10.5 Å². The molecule has 0 bridgehead atoms. The Bertz CT molecular complexity index is 897. The number of fused-ring (bicyclic) bond motifs is 2. The summed E-state index contributed by atoms with van der Waals surface area (Å²) < 4.78 is 2.83. The van der Waals surface area contributed by atoms with E-state index in [2.05, 4.69) is 28.1 Å². The first-order valence-electron chi connectivity index (χ1n) is 7.30. The lowest BCUT2D eigenvalue weighted by atomic mass is 10.1. The van der Waals surface area contributed by atoms with Gasteiger partial charge in [-0.3, -0.25) is 9.36 Å². The molecule has 3 aromatic rings. The van der Waals surface area contributed by atoms with Crippen LogP contribution in [0.15, 0.2) is 53.1 Å². The standard InChI is InChI=1S/C18H15BrN2O/c19-15-2-1-11-7-14(8-13(11)9-15)18(22)21-6-5-12-10-16(20)3-4-17(12)21/h1-6,9-10,14H,7-8,20H2. The normalized spacial score (nSPS) is 16.9. The van der Waals surface area contributed by atoms with Crippen molar-refractivity contribution in [3.05, 3.63) is 64.3 Å². The summed E-state index contributed by atoms with van der Waals surface area (Å²) in [6, 6.07) is 13.9. The van der Waals surface area contributed by atoms with Crippen molar-refractivity contribution in [1.29, 1.82) is 0 Å². The number of halogens is 1. The molecule has 1 aliphatic rings. The van der Waals surface area contributed by atoms with Gasteiger partial charge in [0.25, 0.3) is 0 Å². The summed E-state index contributed by atoms with van der Waals surface area (Å²) in [6.45, 7) is 0. The lowest BCUT2D eigenvalue weighted by molar-refractivity contribution is 0.0845. The minimum atomic E-state index is 0.0115. The van der Waals surface area contributed by atoms with Gasteiger partial charge in [0.2, 0.25) is 5.91 Å². The third-order valence-corrected chi connectivity index (χ3v) is 4.90. The van der Waals surface area contributed by atoms with Gasteiger partial charge in [0, 0.05) is 27.7 Å². The number of nitrogens with two attached hydrogens (primary N) is 1. The number of nitrogens with zero attached hydrogens (tertiary/aromatic N) is 1. The van der Waals surface area contributed by atoms with E-state index < -0.39 is 0 Å². The fourth-order valence-corrected chi connectivity index (χ4v) is 3.72. The molecule has 1 aromatic heterocycles. The number of anilines is 1. The highest BCUT2D eigenvalue weighted by molar-refractivity contribution is 9.10. The molecule has 4 rings (SSSR count). The molecule has 110 valence electrons. The molecule has 4 heteroatoms. The number of benzene rings is 2. The van der Waals surface area contributed by atoms with Crippen molar-refractivity contribution in [1.82, 2.24) is 4.57 Å². The third-order valence-electron chi connectivity index (χ3n) is 4.40. The molecule has 0 fully saturated rings. The van der Waals surface area contributed by atoms with Crippen LogP contribution < -0.4 is 5.73 Å². The molecule has 2 N–H and O–H groups in total. The maximum absolute atomic E-state index is 12.9. The molecule has 0 spiro atoms. The zero-order chi connectivity index (χ0) is 15.3. The van der Waals surface area contributed by atoms with E-state index in [0.717, 1.165) is 33.9 Å². The van der Waals surface area contributed by atoms with E-state index in [1.165, 1.54) is 11.1 Å². The van der Waals surface area contributed by atoms with Crippen LogP contribution in [0.25, 0.3) is 10.9 Å². The van der Waals surface area contributed by atoms with Crippen molar-refractivity contribution >= 4 is 38.4 Å². The van der Waals surface area contributed by atoms with Crippen LogP contribution in [0.1, 0.15) is 15.9 Å². The average molecular weight is 355 g/mol. The van der Waals surface area contributed by atoms with Gasteiger partial charge in [0.05, 0.1) is 5.52 Å². The number of carbonyl (C=O) groups excluding carboxylic acids is 1. The summed E-state index contributed by atoms with van der Waals surface area (Å²) in [4.78, 5) is 12.9. The van der Waals surface area contributed by atoms with Gasteiger partial charge in [-0.2, -0.15) is 0 Å². The van der Waals surface area contributed by atoms with Crippen molar-refractivity contribution in [3.63, 3.8) is 0 Å². The summed E-state index contributed by atoms with van der Waals surface area (Å²) in [7, 11) is 0. The van der Waals surface area contributed by atoms with E-state index in [4.69, 9.17) is 5.73 Å². The van der Waals surface area contributed by atoms with E-state index in [1.807, 2.05) is 36.5 Å². The van der Waals surface area contributed by atoms with Gasteiger partial charge in [-0.25, -0.2) is 0 Å². The van der Waals surface area contributed by atoms with Crippen LogP contribution in [0.5, 0.6) is 0 Å². The number of rotatable bonds is 1. The van der Waals surface area contributed by atoms with Gasteiger partial charge >= 0.3 is 0 Å². The highest BCUT2D eigenvalue weighted by atomic mass is 79.9. The number of aromatic nitrogens is 1. The van der Waals surface area contributed by atoms with Gasteiger partial charge in [0.15, 0.2) is 0 Å². The SMILES string of the molecule is Nc1ccc2c(ccn2C(=O)C2Cc3ccc(Br)cc3C2)c1. The van der Waals surface area contributed by atoms with E-state index >= 15 is 0 Å². The Morgan fingerprint density at radius 2 is 1.91 bits per heavy atom. The van der Waals surface area contributed by atoms with E-state index in [0.29, 0.717) is 0 Å². The second-order valence-corrected chi connectivity index (χ2v) is 6.78. The molecule has 1 aliphatic carbocycles. The monoisotopic (exact) mass is 354 g/mol. The zero-order valence-electron chi connectivity index (χ0n) is 11.9. The second-order valence-electron chi connectivity index (χ2n) is 5.86. The fourth-order valence-electron chi connectivity index (χ4n) is 3.31. The molecule has 22 heavy (non-hydrogen) atoms. The summed E-state index contributed by atoms with van der Waals surface area (Å²) in [5, 5.41) is 1.01. The van der Waals surface area contributed by atoms with Gasteiger partial charge in [0.1, 0.15) is 0 Å². The van der Waals surface area contributed by atoms with E-state index in [9.17, 15) is 4.79 Å². The molecular formula is C18H15BrN2O. The molecule has 2 aromatic carbocycles. The Hall–Kier alpha value is -2.07. The van der Waals surface area contributed by atoms with Gasteiger partial charge < -0.3 is 5.73 Å². The van der Waals surface area contributed by atoms with Gasteiger partial charge in [-0.15, -0.1) is 0 Å². The first kappa shape index (κ1) is 13.6. The quantitative estimate of drug-likeness (QED) is 0.670. The van der Waals surface area contributed by atoms with E-state index in [-0.39, 0.29) is 11.8 Å². The van der Waals surface area contributed by atoms with Crippen molar-refractivity contribution < 1.29 is 4.79 Å². The van der Waals surface area contributed by atoms with Crippen LogP contribution in [0, 0.1) is 5.92 Å². The first-order chi connectivity index (χ1) is 10.6. The Morgan fingerprint density at radius 1 is 1.09 bits per heavy atom. The summed E-state index contributed by atoms with van der Waals surface area (Å²) in [5.74, 6) is 0.171. The topological polar surface area (TPSA) is 48.0 Å². The highest BCUT2D eigenvalue weighted by Gasteiger charge is 2.28. The Morgan fingerprint density at radius 3 is 2.77 bits per heavy atom. The average Bonchev–Trinajstić information content (AvgIpc) is 3.09. The number of carbonyl (C=O) groups is 1. The Labute approximate surface area is 136 Å². The number of hydrogen-bond acceptors (Lipinski definition) is 2. The predicted octanol–water partition coefficient (Wildman–Crippen LogP) is 4.04. The maximum atomic E-state index is 12.9. The summed E-state index contributed by atoms with van der Waals surface area (Å²) in [6.07, 6.45) is 3.48. The molecule has 0 radical (unpaired) electrons. The molecule has 0 saturated carbocycles. The smallest absolute Gasteiger partial charge is 0.234 e. The van der Waals surface area contributed by atoms with Crippen LogP contribution >= 0.6 is 15.9 Å². The van der Waals surface area contributed by atoms with Crippen LogP contribution in [0.4, 0.5) is 5.69 Å². The molecule has 0 amide bonds. The largest absolute Gasteiger partial charge is 0.399 e. The first-order valence-corrected chi connectivity index (χ1v) is 8.09. The third kappa shape index (κ3) is 2.15. The van der Waals surface area contributed by atoms with Crippen LogP contribution in [0.3, 0.4) is 0 Å². The van der Waals surface area contributed by atoms with Crippen molar-refractivity contribution in [2.45, 2.75) is 12.8 Å². The van der Waals surface area contributed by atoms with Gasteiger partial charge in [-0.1, -0.05) is 22.0 Å². The molecule has 0 saturated heterocycles. The van der Waals surface area contributed by atoms with Crippen molar-refractivity contribution in [3.8, 4) is 0 Å². The van der Waals surface area contributed by atoms with Crippen molar-refractivity contribution in [2.24, 2.45) is 5.92 Å². The maximum Gasteiger partial charge on any atom is 0.234 e. The molecule has 0 aliphatic heterocycles. The number of nitrogen functional groups attached to an aromatic ring is 1. The minimum Gasteiger partial charge on any atom is -0.399 e. The van der Waals surface area contributed by atoms with E-state index in [1.54, 1.807) is 4.57 Å². The minimum absolute atomic E-state index is 0.0115. The highest BCUT2D eigenvalue weighted by Crippen LogP contribution is 2.31. The summed E-state index contributed by atoms with van der Waals surface area (Å²) >= 11 is 3.50. The van der Waals surface area contributed by atoms with Gasteiger partial charge in [-0.05, 0) is 60.4 Å². The van der Waals surface area contributed by atoms with Crippen LogP contribution in [-0.2, 0) is 12.8 Å². The molecule has 3 nitrogen and oxygen atoms in total. The predicted molar refractivity (Wildman–Crippen MR) is 92.0 cm³/mol. The van der Waals surface area contributed by atoms with Crippen molar-refractivity contribution in [2.75, 3.05) is 5.73 Å². The lowest BCUT2D eigenvalue weighted by Gasteiger charge is -2.10. The molecule has 1 heterocycles. The molecule has 1 atom stereocenters. The lowest BCUT2D eigenvalue weighted by Crippen LogP contribution is -2.21. The zero-order valence-corrected chi connectivity index (χ0v) is 13.5.